The van der Waals surface area contributed by atoms with Gasteiger partial charge in [-0.15, -0.1) is 19.0 Å². The van der Waals surface area contributed by atoms with Crippen molar-refractivity contribution in [3.05, 3.63) is 89.3 Å². The summed E-state index contributed by atoms with van der Waals surface area (Å²) in [5, 5.41) is 0.900. The first-order valence-electron chi connectivity index (χ1n) is 10.5. The summed E-state index contributed by atoms with van der Waals surface area (Å²) in [5.41, 5.74) is 3.90. The van der Waals surface area contributed by atoms with Crippen LogP contribution in [-0.4, -0.2) is 37.8 Å². The predicted molar refractivity (Wildman–Crippen MR) is 131 cm³/mol. The van der Waals surface area contributed by atoms with E-state index in [-0.39, 0.29) is 18.0 Å². The van der Waals surface area contributed by atoms with Crippen molar-refractivity contribution in [1.29, 1.82) is 0 Å². The van der Waals surface area contributed by atoms with Crippen molar-refractivity contribution >= 4 is 23.4 Å². The quantitative estimate of drug-likeness (QED) is 0.354. The molecular formula is C26H28ClNO4. The monoisotopic (exact) mass is 453 g/mol. The summed E-state index contributed by atoms with van der Waals surface area (Å²) in [5.74, 6) is 0.743. The van der Waals surface area contributed by atoms with Crippen molar-refractivity contribution in [1.82, 2.24) is 4.90 Å². The molecule has 0 saturated carbocycles. The third-order valence-corrected chi connectivity index (χ3v) is 5.43. The van der Waals surface area contributed by atoms with Gasteiger partial charge in [0.15, 0.2) is 0 Å². The van der Waals surface area contributed by atoms with Gasteiger partial charge in [-0.1, -0.05) is 49.1 Å². The van der Waals surface area contributed by atoms with Crippen LogP contribution in [0.1, 0.15) is 11.1 Å². The van der Waals surface area contributed by atoms with Crippen LogP contribution < -0.4 is 10.4 Å². The molecule has 0 spiro atoms. The Morgan fingerprint density at radius 1 is 1.06 bits per heavy atom. The average Bonchev–Trinajstić information content (AvgIpc) is 2.80. The van der Waals surface area contributed by atoms with E-state index >= 15 is 0 Å². The van der Waals surface area contributed by atoms with E-state index in [1.54, 1.807) is 12.1 Å². The van der Waals surface area contributed by atoms with Crippen LogP contribution in [-0.2, 0) is 17.7 Å². The second-order valence-electron chi connectivity index (χ2n) is 7.55. The number of nitrogens with zero attached hydrogens (tertiary/aromatic N) is 1. The summed E-state index contributed by atoms with van der Waals surface area (Å²) in [7, 11) is 0. The lowest BCUT2D eigenvalue weighted by molar-refractivity contribution is 0.0338. The van der Waals surface area contributed by atoms with Crippen LogP contribution in [0, 0.1) is 0 Å². The summed E-state index contributed by atoms with van der Waals surface area (Å²) >= 11 is 0. The number of rotatable bonds is 8. The van der Waals surface area contributed by atoms with Gasteiger partial charge in [0, 0.05) is 42.2 Å². The molecule has 168 valence electrons. The molecule has 1 saturated heterocycles. The Labute approximate surface area is 194 Å². The Morgan fingerprint density at radius 3 is 2.50 bits per heavy atom. The highest BCUT2D eigenvalue weighted by molar-refractivity contribution is 5.96. The minimum atomic E-state index is -0.382. The molecule has 1 aromatic heterocycles. The molecule has 0 amide bonds. The van der Waals surface area contributed by atoms with E-state index in [2.05, 4.69) is 24.1 Å². The molecule has 32 heavy (non-hydrogen) atoms. The van der Waals surface area contributed by atoms with Gasteiger partial charge in [0.2, 0.25) is 0 Å². The molecule has 0 unspecified atom stereocenters. The lowest BCUT2D eigenvalue weighted by atomic mass is 9.95. The molecule has 0 atom stereocenters. The highest BCUT2D eigenvalue weighted by atomic mass is 35.5. The molecule has 0 radical (unpaired) electrons. The van der Waals surface area contributed by atoms with Crippen LogP contribution in [0.15, 0.2) is 77.0 Å². The zero-order valence-electron chi connectivity index (χ0n) is 18.0. The summed E-state index contributed by atoms with van der Waals surface area (Å²) < 4.78 is 17.4. The van der Waals surface area contributed by atoms with Gasteiger partial charge in [-0.05, 0) is 23.6 Å². The summed E-state index contributed by atoms with van der Waals surface area (Å²) in [4.78, 5) is 14.8. The van der Waals surface area contributed by atoms with Crippen molar-refractivity contribution < 1.29 is 13.9 Å². The smallest absolute Gasteiger partial charge is 0.336 e. The van der Waals surface area contributed by atoms with Gasteiger partial charge in [-0.25, -0.2) is 4.79 Å². The Balaban J connectivity index is 0.00000289. The molecule has 3 aromatic rings. The first-order valence-corrected chi connectivity index (χ1v) is 10.5. The topological polar surface area (TPSA) is 51.9 Å². The Bertz CT molecular complexity index is 1130. The third kappa shape index (κ3) is 5.13. The van der Waals surface area contributed by atoms with Crippen LogP contribution in [0.4, 0.5) is 0 Å². The maximum absolute atomic E-state index is 12.5. The van der Waals surface area contributed by atoms with Crippen molar-refractivity contribution in [2.45, 2.75) is 13.0 Å². The van der Waals surface area contributed by atoms with E-state index in [1.165, 1.54) is 0 Å². The second-order valence-corrected chi connectivity index (χ2v) is 7.55. The number of morpholine rings is 1. The molecule has 4 rings (SSSR count). The van der Waals surface area contributed by atoms with Crippen molar-refractivity contribution in [2.75, 3.05) is 32.9 Å². The summed E-state index contributed by atoms with van der Waals surface area (Å²) in [6.07, 6.45) is 4.06. The Hall–Kier alpha value is -2.86. The van der Waals surface area contributed by atoms with Crippen LogP contribution in [0.25, 0.3) is 22.1 Å². The number of hydrogen-bond donors (Lipinski definition) is 0. The standard InChI is InChI=1S/C26H27NO4.ClH/c1-3-8-21-25(30-13-4-2)20(18-27-11-14-29-15-12-27)16-23-22(17-24(28)31-26(21)23)19-9-6-5-7-10-19;/h3-7,9-10,16-17H,1-2,8,11-15,18H2;1H. The molecule has 2 aromatic carbocycles. The van der Waals surface area contributed by atoms with Crippen molar-refractivity contribution in [2.24, 2.45) is 0 Å². The normalized spacial score (nSPS) is 14.0. The molecule has 1 aliphatic heterocycles. The van der Waals surface area contributed by atoms with Gasteiger partial charge in [0.25, 0.3) is 0 Å². The van der Waals surface area contributed by atoms with E-state index < -0.39 is 0 Å². The largest absolute Gasteiger partial charge is 0.489 e. The van der Waals surface area contributed by atoms with Gasteiger partial charge in [-0.2, -0.15) is 0 Å². The molecule has 1 fully saturated rings. The molecule has 0 bridgehead atoms. The van der Waals surface area contributed by atoms with Crippen LogP contribution in [0.5, 0.6) is 5.75 Å². The van der Waals surface area contributed by atoms with Gasteiger partial charge in [-0.3, -0.25) is 4.90 Å². The fourth-order valence-corrected chi connectivity index (χ4v) is 4.03. The number of ether oxygens (including phenoxy) is 2. The fourth-order valence-electron chi connectivity index (χ4n) is 4.03. The number of hydrogen-bond acceptors (Lipinski definition) is 5. The zero-order chi connectivity index (χ0) is 21.6. The van der Waals surface area contributed by atoms with E-state index in [0.29, 0.717) is 18.6 Å². The molecular weight excluding hydrogens is 426 g/mol. The van der Waals surface area contributed by atoms with Crippen molar-refractivity contribution in [3.8, 4) is 16.9 Å². The maximum atomic E-state index is 12.5. The van der Waals surface area contributed by atoms with Crippen LogP contribution >= 0.6 is 12.4 Å². The number of fused-ring (bicyclic) bond motifs is 1. The molecule has 0 aliphatic carbocycles. The van der Waals surface area contributed by atoms with E-state index in [0.717, 1.165) is 66.2 Å². The van der Waals surface area contributed by atoms with E-state index in [1.807, 2.05) is 36.4 Å². The maximum Gasteiger partial charge on any atom is 0.336 e. The van der Waals surface area contributed by atoms with E-state index in [4.69, 9.17) is 13.9 Å². The highest BCUT2D eigenvalue weighted by Crippen LogP contribution is 2.37. The molecule has 2 heterocycles. The number of halogens is 1. The fraction of sp³-hybridized carbons (Fsp3) is 0.269. The Morgan fingerprint density at radius 2 is 1.81 bits per heavy atom. The second kappa shape index (κ2) is 11.1. The van der Waals surface area contributed by atoms with Gasteiger partial charge < -0.3 is 13.9 Å². The first-order chi connectivity index (χ1) is 15.2. The summed E-state index contributed by atoms with van der Waals surface area (Å²) in [6.45, 7) is 12.0. The number of benzene rings is 2. The van der Waals surface area contributed by atoms with Gasteiger partial charge >= 0.3 is 5.63 Å². The van der Waals surface area contributed by atoms with Gasteiger partial charge in [0.05, 0.1) is 13.2 Å². The lowest BCUT2D eigenvalue weighted by Gasteiger charge is -2.28. The molecule has 6 heteroatoms. The minimum absolute atomic E-state index is 0. The lowest BCUT2D eigenvalue weighted by Crippen LogP contribution is -2.35. The number of allylic oxidation sites excluding steroid dienone is 1. The predicted octanol–water partition coefficient (Wildman–Crippen LogP) is 5.01. The molecule has 0 N–H and O–H groups in total. The highest BCUT2D eigenvalue weighted by Gasteiger charge is 2.21. The first kappa shape index (κ1) is 23.8. The van der Waals surface area contributed by atoms with Gasteiger partial charge in [0.1, 0.15) is 17.9 Å². The average molecular weight is 454 g/mol. The summed E-state index contributed by atoms with van der Waals surface area (Å²) in [6, 6.07) is 13.6. The zero-order valence-corrected chi connectivity index (χ0v) is 18.9. The molecule has 5 nitrogen and oxygen atoms in total. The third-order valence-electron chi connectivity index (χ3n) is 5.43. The van der Waals surface area contributed by atoms with Crippen LogP contribution in [0.2, 0.25) is 0 Å². The van der Waals surface area contributed by atoms with Crippen LogP contribution in [0.3, 0.4) is 0 Å². The van der Waals surface area contributed by atoms with E-state index in [9.17, 15) is 4.79 Å². The Kier molecular flexibility index (Phi) is 8.28. The van der Waals surface area contributed by atoms with Crippen molar-refractivity contribution in [3.63, 3.8) is 0 Å². The molecule has 1 aliphatic rings. The minimum Gasteiger partial charge on any atom is -0.489 e. The SMILES string of the molecule is C=CCOc1c(CN2CCOCC2)cc2c(-c3ccccc3)cc(=O)oc2c1CC=C.Cl.